The first-order chi connectivity index (χ1) is 9.03. The van der Waals surface area contributed by atoms with Crippen LogP contribution in [-0.4, -0.2) is 17.3 Å². The van der Waals surface area contributed by atoms with Crippen molar-refractivity contribution in [2.45, 2.75) is 25.0 Å². The van der Waals surface area contributed by atoms with E-state index in [4.69, 9.17) is 4.74 Å². The van der Waals surface area contributed by atoms with Gasteiger partial charge in [0, 0.05) is 0 Å². The molecule has 3 heteroatoms. The lowest BCUT2D eigenvalue weighted by atomic mass is 9.98. The van der Waals surface area contributed by atoms with Gasteiger partial charge in [-0.1, -0.05) is 42.5 Å². The van der Waals surface area contributed by atoms with Crippen LogP contribution >= 0.6 is 12.6 Å². The van der Waals surface area contributed by atoms with Gasteiger partial charge in [-0.2, -0.15) is 12.6 Å². The molecule has 0 aliphatic rings. The van der Waals surface area contributed by atoms with E-state index in [2.05, 4.69) is 36.9 Å². The van der Waals surface area contributed by atoms with Crippen LogP contribution in [0.4, 0.5) is 0 Å². The minimum Gasteiger partial charge on any atom is -0.465 e. The zero-order valence-electron chi connectivity index (χ0n) is 11.2. The molecule has 0 aliphatic carbocycles. The molecule has 0 N–H and O–H groups in total. The molecule has 2 rings (SSSR count). The van der Waals surface area contributed by atoms with Gasteiger partial charge in [0.15, 0.2) is 0 Å². The predicted octanol–water partition coefficient (Wildman–Crippen LogP) is 3.63. The minimum absolute atomic E-state index is 0.272. The standard InChI is InChI=1S/C16H18O2S/c1-3-18-15(17)16(2,19)11-12-8-9-13-6-4-5-7-14(13)10-12/h4-10,19H,3,11H2,1-2H3. The minimum atomic E-state index is -0.793. The van der Waals surface area contributed by atoms with Gasteiger partial charge in [0.05, 0.1) is 6.61 Å². The summed E-state index contributed by atoms with van der Waals surface area (Å²) in [4.78, 5) is 11.8. The van der Waals surface area contributed by atoms with Gasteiger partial charge in [0.1, 0.15) is 4.75 Å². The Bertz CT molecular complexity index is 590. The third-order valence-corrected chi connectivity index (χ3v) is 3.42. The number of esters is 1. The monoisotopic (exact) mass is 274 g/mol. The number of carbonyl (C=O) groups is 1. The number of carbonyl (C=O) groups excluding carboxylic acids is 1. The maximum Gasteiger partial charge on any atom is 0.321 e. The van der Waals surface area contributed by atoms with Crippen LogP contribution < -0.4 is 0 Å². The van der Waals surface area contributed by atoms with E-state index in [9.17, 15) is 4.79 Å². The molecule has 0 heterocycles. The van der Waals surface area contributed by atoms with Gasteiger partial charge in [-0.3, -0.25) is 4.79 Å². The van der Waals surface area contributed by atoms with Crippen LogP contribution in [-0.2, 0) is 16.0 Å². The number of ether oxygens (including phenoxy) is 1. The third kappa shape index (κ3) is 3.29. The number of hydrogen-bond acceptors (Lipinski definition) is 3. The topological polar surface area (TPSA) is 26.3 Å². The summed E-state index contributed by atoms with van der Waals surface area (Å²) in [6, 6.07) is 14.4. The molecule has 2 aromatic carbocycles. The molecule has 0 spiro atoms. The molecular formula is C16H18O2S. The second-order valence-corrected chi connectivity index (χ2v) is 5.84. The van der Waals surface area contributed by atoms with Gasteiger partial charge in [-0.05, 0) is 36.6 Å². The number of fused-ring (bicyclic) bond motifs is 1. The summed E-state index contributed by atoms with van der Waals surface area (Å²) in [5.41, 5.74) is 1.09. The van der Waals surface area contributed by atoms with E-state index < -0.39 is 4.75 Å². The van der Waals surface area contributed by atoms with Gasteiger partial charge in [-0.15, -0.1) is 0 Å². The quantitative estimate of drug-likeness (QED) is 0.680. The second-order valence-electron chi connectivity index (χ2n) is 4.85. The van der Waals surface area contributed by atoms with Crippen LogP contribution in [0, 0.1) is 0 Å². The van der Waals surface area contributed by atoms with Crippen LogP contribution in [0.1, 0.15) is 19.4 Å². The van der Waals surface area contributed by atoms with E-state index in [0.717, 1.165) is 5.56 Å². The lowest BCUT2D eigenvalue weighted by molar-refractivity contribution is -0.145. The zero-order chi connectivity index (χ0) is 13.9. The fourth-order valence-electron chi connectivity index (χ4n) is 2.10. The van der Waals surface area contributed by atoms with Crippen molar-refractivity contribution in [1.29, 1.82) is 0 Å². The van der Waals surface area contributed by atoms with E-state index in [1.807, 2.05) is 18.2 Å². The van der Waals surface area contributed by atoms with Crippen LogP contribution in [0.25, 0.3) is 10.8 Å². The average Bonchev–Trinajstić information content (AvgIpc) is 2.38. The molecule has 0 bridgehead atoms. The summed E-state index contributed by atoms with van der Waals surface area (Å²) in [5.74, 6) is -0.272. The van der Waals surface area contributed by atoms with Gasteiger partial charge in [0.2, 0.25) is 0 Å². The normalized spacial score (nSPS) is 14.1. The molecule has 100 valence electrons. The SMILES string of the molecule is CCOC(=O)C(C)(S)Cc1ccc2ccccc2c1. The van der Waals surface area contributed by atoms with Crippen molar-refractivity contribution < 1.29 is 9.53 Å². The van der Waals surface area contributed by atoms with Gasteiger partial charge in [0.25, 0.3) is 0 Å². The average molecular weight is 274 g/mol. The smallest absolute Gasteiger partial charge is 0.321 e. The van der Waals surface area contributed by atoms with E-state index >= 15 is 0 Å². The summed E-state index contributed by atoms with van der Waals surface area (Å²) in [6.07, 6.45) is 0.555. The highest BCUT2D eigenvalue weighted by atomic mass is 32.1. The largest absolute Gasteiger partial charge is 0.465 e. The molecule has 0 aliphatic heterocycles. The van der Waals surface area contributed by atoms with Crippen molar-refractivity contribution in [2.24, 2.45) is 0 Å². The molecule has 0 radical (unpaired) electrons. The fourth-order valence-corrected chi connectivity index (χ4v) is 2.35. The first-order valence-corrected chi connectivity index (χ1v) is 6.85. The maximum atomic E-state index is 11.8. The van der Waals surface area contributed by atoms with Crippen molar-refractivity contribution in [3.05, 3.63) is 48.0 Å². The van der Waals surface area contributed by atoms with Gasteiger partial charge >= 0.3 is 5.97 Å². The Balaban J connectivity index is 2.23. The van der Waals surface area contributed by atoms with E-state index in [-0.39, 0.29) is 5.97 Å². The van der Waals surface area contributed by atoms with Crippen LogP contribution in [0.15, 0.2) is 42.5 Å². The fraction of sp³-hybridized carbons (Fsp3) is 0.312. The first kappa shape index (κ1) is 13.9. The van der Waals surface area contributed by atoms with Gasteiger partial charge < -0.3 is 4.74 Å². The molecule has 1 atom stereocenters. The molecule has 0 saturated heterocycles. The Labute approximate surface area is 119 Å². The summed E-state index contributed by atoms with van der Waals surface area (Å²) >= 11 is 4.45. The van der Waals surface area contributed by atoms with Crippen molar-refractivity contribution in [3.63, 3.8) is 0 Å². The summed E-state index contributed by atoms with van der Waals surface area (Å²) in [5, 5.41) is 2.37. The van der Waals surface area contributed by atoms with Crippen molar-refractivity contribution in [3.8, 4) is 0 Å². The van der Waals surface area contributed by atoms with Crippen LogP contribution in [0.5, 0.6) is 0 Å². The Morgan fingerprint density at radius 2 is 1.89 bits per heavy atom. The maximum absolute atomic E-state index is 11.8. The Morgan fingerprint density at radius 1 is 1.21 bits per heavy atom. The highest BCUT2D eigenvalue weighted by molar-refractivity contribution is 7.82. The first-order valence-electron chi connectivity index (χ1n) is 6.40. The molecule has 0 saturated carbocycles. The zero-order valence-corrected chi connectivity index (χ0v) is 12.1. The highest BCUT2D eigenvalue weighted by Crippen LogP contribution is 2.24. The molecular weight excluding hydrogens is 256 g/mol. The molecule has 1 unspecified atom stereocenters. The van der Waals surface area contributed by atoms with E-state index in [1.165, 1.54) is 10.8 Å². The van der Waals surface area contributed by atoms with Crippen molar-refractivity contribution in [2.75, 3.05) is 6.61 Å². The van der Waals surface area contributed by atoms with Crippen LogP contribution in [0.3, 0.4) is 0 Å². The van der Waals surface area contributed by atoms with Crippen LogP contribution in [0.2, 0.25) is 0 Å². The summed E-state index contributed by atoms with van der Waals surface area (Å²) in [6.45, 7) is 3.98. The molecule has 0 aromatic heterocycles. The number of rotatable bonds is 4. The van der Waals surface area contributed by atoms with E-state index in [1.54, 1.807) is 13.8 Å². The molecule has 0 amide bonds. The lowest BCUT2D eigenvalue weighted by Crippen LogP contribution is -2.33. The summed E-state index contributed by atoms with van der Waals surface area (Å²) in [7, 11) is 0. The third-order valence-electron chi connectivity index (χ3n) is 3.08. The molecule has 2 aromatic rings. The lowest BCUT2D eigenvalue weighted by Gasteiger charge is -2.21. The Hall–Kier alpha value is -1.48. The number of hydrogen-bond donors (Lipinski definition) is 1. The second kappa shape index (κ2) is 5.66. The Kier molecular flexibility index (Phi) is 4.15. The number of thiol groups is 1. The van der Waals surface area contributed by atoms with Crippen molar-refractivity contribution in [1.82, 2.24) is 0 Å². The van der Waals surface area contributed by atoms with E-state index in [0.29, 0.717) is 13.0 Å². The van der Waals surface area contributed by atoms with Crippen molar-refractivity contribution >= 4 is 29.4 Å². The molecule has 0 fully saturated rings. The predicted molar refractivity (Wildman–Crippen MR) is 81.7 cm³/mol. The highest BCUT2D eigenvalue weighted by Gasteiger charge is 2.30. The molecule has 2 nitrogen and oxygen atoms in total. The Morgan fingerprint density at radius 3 is 2.58 bits per heavy atom. The molecule has 19 heavy (non-hydrogen) atoms. The number of benzene rings is 2. The summed E-state index contributed by atoms with van der Waals surface area (Å²) < 4.78 is 4.26. The van der Waals surface area contributed by atoms with Gasteiger partial charge in [-0.25, -0.2) is 0 Å².